The third-order valence-corrected chi connectivity index (χ3v) is 5.28. The minimum Gasteiger partial charge on any atom is -0.496 e. The number of nitrogens with two attached hydrogens (primary N) is 1. The van der Waals surface area contributed by atoms with Crippen molar-refractivity contribution < 1.29 is 19.1 Å². The third-order valence-electron chi connectivity index (χ3n) is 4.95. The van der Waals surface area contributed by atoms with Gasteiger partial charge in [-0.1, -0.05) is 17.7 Å². The first kappa shape index (κ1) is 21.9. The molecule has 2 aromatic rings. The molecule has 160 valence electrons. The molecule has 3 rings (SSSR count). The number of ether oxygens (including phenoxy) is 2. The van der Waals surface area contributed by atoms with Gasteiger partial charge < -0.3 is 20.5 Å². The molecule has 1 saturated heterocycles. The lowest BCUT2D eigenvalue weighted by Crippen LogP contribution is -2.55. The first-order chi connectivity index (χ1) is 14.4. The van der Waals surface area contributed by atoms with Crippen LogP contribution >= 0.6 is 11.6 Å². The van der Waals surface area contributed by atoms with Crippen molar-refractivity contribution in [1.82, 2.24) is 15.2 Å². The molecule has 1 aromatic heterocycles. The van der Waals surface area contributed by atoms with Gasteiger partial charge in [-0.15, -0.1) is 0 Å². The number of nitrogens with one attached hydrogen (secondary N) is 1. The van der Waals surface area contributed by atoms with Crippen molar-refractivity contribution in [3.05, 3.63) is 52.8 Å². The van der Waals surface area contributed by atoms with Crippen LogP contribution in [0.4, 0.5) is 5.69 Å². The van der Waals surface area contributed by atoms with E-state index >= 15 is 0 Å². The van der Waals surface area contributed by atoms with Crippen molar-refractivity contribution in [1.29, 1.82) is 0 Å². The van der Waals surface area contributed by atoms with Gasteiger partial charge in [-0.05, 0) is 24.6 Å². The van der Waals surface area contributed by atoms with Crippen LogP contribution in [0.5, 0.6) is 5.75 Å². The summed E-state index contributed by atoms with van der Waals surface area (Å²) in [6.07, 6.45) is 1.87. The lowest BCUT2D eigenvalue weighted by Gasteiger charge is -2.38. The molecule has 0 radical (unpaired) electrons. The largest absolute Gasteiger partial charge is 0.496 e. The van der Waals surface area contributed by atoms with E-state index in [1.165, 1.54) is 26.2 Å². The number of nitrogens with zero attached hydrogens (tertiary/aromatic N) is 2. The van der Waals surface area contributed by atoms with E-state index in [9.17, 15) is 9.59 Å². The van der Waals surface area contributed by atoms with Crippen LogP contribution < -0.4 is 15.8 Å². The number of methoxy groups -OCH3 is 1. The number of hydrogen-bond donors (Lipinski definition) is 2. The Bertz CT molecular complexity index is 909. The summed E-state index contributed by atoms with van der Waals surface area (Å²) in [6.45, 7) is 3.21. The smallest absolute Gasteiger partial charge is 0.303 e. The van der Waals surface area contributed by atoms with Gasteiger partial charge in [0.1, 0.15) is 11.9 Å². The van der Waals surface area contributed by atoms with E-state index in [1.807, 2.05) is 18.2 Å². The molecule has 1 aromatic carbocycles. The highest BCUT2D eigenvalue weighted by atomic mass is 35.5. The van der Waals surface area contributed by atoms with Gasteiger partial charge in [-0.3, -0.25) is 19.5 Å². The van der Waals surface area contributed by atoms with E-state index in [0.29, 0.717) is 30.9 Å². The Labute approximate surface area is 180 Å². The van der Waals surface area contributed by atoms with Crippen molar-refractivity contribution >= 4 is 29.2 Å². The first-order valence-corrected chi connectivity index (χ1v) is 9.98. The maximum absolute atomic E-state index is 12.9. The van der Waals surface area contributed by atoms with E-state index in [4.69, 9.17) is 26.8 Å². The number of halogens is 1. The molecule has 0 spiro atoms. The number of hydrogen-bond acceptors (Lipinski definition) is 7. The second-order valence-electron chi connectivity index (χ2n) is 7.15. The number of rotatable bonds is 6. The van der Waals surface area contributed by atoms with Gasteiger partial charge in [0.15, 0.2) is 0 Å². The molecule has 1 amide bonds. The fourth-order valence-electron chi connectivity index (χ4n) is 3.50. The Hall–Kier alpha value is -2.84. The molecule has 1 fully saturated rings. The third kappa shape index (κ3) is 5.40. The standard InChI is InChI=1S/C21H25ClN4O4/c1-13(27)30-20-12-26(11-14-5-3-4-7-24-14)8-6-18(20)25-21(28)15-9-16(22)17(23)10-19(15)29-2/h3-5,7,9-10,18,20H,6,8,11-12,23H2,1-2H3,(H,25,28). The van der Waals surface area contributed by atoms with Crippen molar-refractivity contribution in [2.75, 3.05) is 25.9 Å². The number of piperidine rings is 1. The van der Waals surface area contributed by atoms with Gasteiger partial charge in [0.25, 0.3) is 5.91 Å². The number of aromatic nitrogens is 1. The van der Waals surface area contributed by atoms with Crippen LogP contribution in [0, 0.1) is 0 Å². The van der Waals surface area contributed by atoms with Crippen LogP contribution in [-0.2, 0) is 16.1 Å². The maximum atomic E-state index is 12.9. The van der Waals surface area contributed by atoms with Crippen molar-refractivity contribution in [3.8, 4) is 5.75 Å². The molecule has 3 N–H and O–H groups in total. The number of esters is 1. The van der Waals surface area contributed by atoms with Crippen LogP contribution in [0.2, 0.25) is 5.02 Å². The van der Waals surface area contributed by atoms with Gasteiger partial charge in [0, 0.05) is 38.8 Å². The zero-order chi connectivity index (χ0) is 21.7. The topological polar surface area (TPSA) is 107 Å². The summed E-state index contributed by atoms with van der Waals surface area (Å²) in [6, 6.07) is 8.39. The zero-order valence-corrected chi connectivity index (χ0v) is 17.7. The number of nitrogen functional groups attached to an aromatic ring is 1. The summed E-state index contributed by atoms with van der Waals surface area (Å²) in [5.74, 6) is -0.438. The number of anilines is 1. The van der Waals surface area contributed by atoms with Gasteiger partial charge in [0.05, 0.1) is 35.1 Å². The highest BCUT2D eigenvalue weighted by Crippen LogP contribution is 2.29. The quantitative estimate of drug-likeness (QED) is 0.532. The fourth-order valence-corrected chi connectivity index (χ4v) is 3.67. The molecule has 9 heteroatoms. The lowest BCUT2D eigenvalue weighted by molar-refractivity contribution is -0.150. The van der Waals surface area contributed by atoms with Crippen LogP contribution in [0.15, 0.2) is 36.5 Å². The second kappa shape index (κ2) is 9.77. The predicted molar refractivity (Wildman–Crippen MR) is 113 cm³/mol. The molecular formula is C21H25ClN4O4. The van der Waals surface area contributed by atoms with E-state index in [-0.39, 0.29) is 22.5 Å². The van der Waals surface area contributed by atoms with Crippen LogP contribution in [0.25, 0.3) is 0 Å². The molecule has 0 saturated carbocycles. The van der Waals surface area contributed by atoms with Crippen LogP contribution in [-0.4, -0.2) is 54.1 Å². The van der Waals surface area contributed by atoms with Crippen LogP contribution in [0.1, 0.15) is 29.4 Å². The highest BCUT2D eigenvalue weighted by molar-refractivity contribution is 6.33. The summed E-state index contributed by atoms with van der Waals surface area (Å²) in [7, 11) is 1.46. The van der Waals surface area contributed by atoms with E-state index in [0.717, 1.165) is 12.2 Å². The molecule has 30 heavy (non-hydrogen) atoms. The lowest BCUT2D eigenvalue weighted by atomic mass is 10.0. The molecule has 2 heterocycles. The molecular weight excluding hydrogens is 408 g/mol. The molecule has 2 unspecified atom stereocenters. The van der Waals surface area contributed by atoms with Gasteiger partial charge in [-0.25, -0.2) is 0 Å². The number of carbonyl (C=O) groups is 2. The summed E-state index contributed by atoms with van der Waals surface area (Å²) >= 11 is 6.08. The van der Waals surface area contributed by atoms with Crippen molar-refractivity contribution in [2.24, 2.45) is 0 Å². The normalized spacial score (nSPS) is 19.2. The minimum atomic E-state index is -0.487. The minimum absolute atomic E-state index is 0.266. The summed E-state index contributed by atoms with van der Waals surface area (Å²) in [5, 5.41) is 3.22. The molecule has 2 atom stereocenters. The molecule has 1 aliphatic rings. The Morgan fingerprint density at radius 3 is 2.83 bits per heavy atom. The Kier molecular flexibility index (Phi) is 7.12. The summed E-state index contributed by atoms with van der Waals surface area (Å²) in [5.41, 5.74) is 7.32. The Morgan fingerprint density at radius 1 is 1.37 bits per heavy atom. The number of carbonyl (C=O) groups excluding carboxylic acids is 2. The van der Waals surface area contributed by atoms with E-state index in [2.05, 4.69) is 15.2 Å². The number of likely N-dealkylation sites (tertiary alicyclic amines) is 1. The SMILES string of the molecule is COc1cc(N)c(Cl)cc1C(=O)NC1CCN(Cc2ccccn2)CC1OC(C)=O. The van der Waals surface area contributed by atoms with Crippen molar-refractivity contribution in [2.45, 2.75) is 32.0 Å². The maximum Gasteiger partial charge on any atom is 0.303 e. The van der Waals surface area contributed by atoms with Gasteiger partial charge in [-0.2, -0.15) is 0 Å². The first-order valence-electron chi connectivity index (χ1n) is 9.60. The highest BCUT2D eigenvalue weighted by Gasteiger charge is 2.33. The van der Waals surface area contributed by atoms with Crippen LogP contribution in [0.3, 0.4) is 0 Å². The second-order valence-corrected chi connectivity index (χ2v) is 7.55. The average molecular weight is 433 g/mol. The summed E-state index contributed by atoms with van der Waals surface area (Å²) < 4.78 is 10.8. The number of benzene rings is 1. The Morgan fingerprint density at radius 2 is 2.17 bits per heavy atom. The summed E-state index contributed by atoms with van der Waals surface area (Å²) in [4.78, 5) is 31.0. The Balaban J connectivity index is 1.72. The molecule has 0 bridgehead atoms. The number of amides is 1. The molecule has 0 aliphatic carbocycles. The average Bonchev–Trinajstić information content (AvgIpc) is 2.72. The van der Waals surface area contributed by atoms with Crippen molar-refractivity contribution in [3.63, 3.8) is 0 Å². The number of pyridine rings is 1. The zero-order valence-electron chi connectivity index (χ0n) is 16.9. The predicted octanol–water partition coefficient (Wildman–Crippen LogP) is 2.26. The molecule has 8 nitrogen and oxygen atoms in total. The van der Waals surface area contributed by atoms with E-state index < -0.39 is 12.1 Å². The van der Waals surface area contributed by atoms with Gasteiger partial charge >= 0.3 is 5.97 Å². The fraction of sp³-hybridized carbons (Fsp3) is 0.381. The van der Waals surface area contributed by atoms with E-state index in [1.54, 1.807) is 6.20 Å². The van der Waals surface area contributed by atoms with Gasteiger partial charge in [0.2, 0.25) is 0 Å². The molecule has 1 aliphatic heterocycles. The monoisotopic (exact) mass is 432 g/mol.